The Labute approximate surface area is 176 Å². The number of carbonyl (C=O) groups excluding carboxylic acids is 1. The molecule has 1 aromatic carbocycles. The molecule has 0 saturated carbocycles. The van der Waals surface area contributed by atoms with E-state index in [1.807, 2.05) is 25.7 Å². The highest BCUT2D eigenvalue weighted by molar-refractivity contribution is 5.68. The molecule has 9 heteroatoms. The van der Waals surface area contributed by atoms with Crippen molar-refractivity contribution in [3.8, 4) is 5.75 Å². The summed E-state index contributed by atoms with van der Waals surface area (Å²) in [6.45, 7) is 10.3. The maximum absolute atomic E-state index is 12.3. The van der Waals surface area contributed by atoms with Crippen LogP contribution in [0.4, 0.5) is 16.2 Å². The van der Waals surface area contributed by atoms with Crippen LogP contribution in [0.1, 0.15) is 33.6 Å². The van der Waals surface area contributed by atoms with Crippen LogP contribution in [0.15, 0.2) is 18.2 Å². The van der Waals surface area contributed by atoms with E-state index in [4.69, 9.17) is 9.47 Å². The van der Waals surface area contributed by atoms with E-state index in [2.05, 4.69) is 9.80 Å². The van der Waals surface area contributed by atoms with Gasteiger partial charge in [-0.15, -0.1) is 0 Å². The highest BCUT2D eigenvalue weighted by atomic mass is 16.6. The lowest BCUT2D eigenvalue weighted by Gasteiger charge is -2.48. The van der Waals surface area contributed by atoms with Gasteiger partial charge in [0.2, 0.25) is 0 Å². The molecule has 2 fully saturated rings. The van der Waals surface area contributed by atoms with Gasteiger partial charge in [-0.25, -0.2) is 4.79 Å². The van der Waals surface area contributed by atoms with Gasteiger partial charge in [0.15, 0.2) is 0 Å². The third kappa shape index (κ3) is 4.30. The van der Waals surface area contributed by atoms with E-state index in [0.29, 0.717) is 31.5 Å². The van der Waals surface area contributed by atoms with Crippen molar-refractivity contribution in [2.75, 3.05) is 44.2 Å². The SMILES string of the molecule is CC(C)(C)OC(=O)N1CCC(N2CCN3c4ccc([N+](=O)[O-])cc4OC[C@@H]3C2)CC1. The Morgan fingerprint density at radius 3 is 2.57 bits per heavy atom. The first-order chi connectivity index (χ1) is 14.2. The molecule has 0 N–H and O–H groups in total. The minimum atomic E-state index is -0.470. The Bertz CT molecular complexity index is 816. The number of ether oxygens (including phenoxy) is 2. The molecule has 4 rings (SSSR count). The van der Waals surface area contributed by atoms with E-state index in [1.54, 1.807) is 12.1 Å². The lowest BCUT2D eigenvalue weighted by molar-refractivity contribution is -0.384. The number of non-ortho nitro benzene ring substituents is 1. The van der Waals surface area contributed by atoms with Crippen LogP contribution in [0.2, 0.25) is 0 Å². The molecule has 0 unspecified atom stereocenters. The number of nitro benzene ring substituents is 1. The number of nitro groups is 1. The normalized spacial score (nSPS) is 22.7. The molecule has 0 aliphatic carbocycles. The van der Waals surface area contributed by atoms with Gasteiger partial charge in [0.05, 0.1) is 22.7 Å². The van der Waals surface area contributed by atoms with Crippen molar-refractivity contribution in [3.05, 3.63) is 28.3 Å². The van der Waals surface area contributed by atoms with Gasteiger partial charge in [0, 0.05) is 44.8 Å². The third-order valence-corrected chi connectivity index (χ3v) is 6.04. The maximum Gasteiger partial charge on any atom is 0.410 e. The van der Waals surface area contributed by atoms with Crippen LogP contribution in [-0.4, -0.2) is 77.8 Å². The molecule has 9 nitrogen and oxygen atoms in total. The van der Waals surface area contributed by atoms with E-state index in [1.165, 1.54) is 6.07 Å². The summed E-state index contributed by atoms with van der Waals surface area (Å²) in [5.41, 5.74) is 0.529. The predicted molar refractivity (Wildman–Crippen MR) is 112 cm³/mol. The maximum atomic E-state index is 12.3. The van der Waals surface area contributed by atoms with Gasteiger partial charge in [-0.05, 0) is 39.7 Å². The molecule has 0 aromatic heterocycles. The van der Waals surface area contributed by atoms with E-state index in [-0.39, 0.29) is 17.8 Å². The molecule has 1 atom stereocenters. The fraction of sp³-hybridized carbons (Fsp3) is 0.667. The monoisotopic (exact) mass is 418 g/mol. The molecule has 0 spiro atoms. The van der Waals surface area contributed by atoms with Gasteiger partial charge in [-0.2, -0.15) is 0 Å². The lowest BCUT2D eigenvalue weighted by Crippen LogP contribution is -2.60. The fourth-order valence-electron chi connectivity index (χ4n) is 4.57. The van der Waals surface area contributed by atoms with Gasteiger partial charge in [0.25, 0.3) is 5.69 Å². The Morgan fingerprint density at radius 2 is 1.90 bits per heavy atom. The molecule has 3 heterocycles. The number of anilines is 1. The van der Waals surface area contributed by atoms with Crippen molar-refractivity contribution in [2.24, 2.45) is 0 Å². The highest BCUT2D eigenvalue weighted by Crippen LogP contribution is 2.38. The zero-order chi connectivity index (χ0) is 21.5. The van der Waals surface area contributed by atoms with Gasteiger partial charge in [-0.1, -0.05) is 0 Å². The minimum Gasteiger partial charge on any atom is -0.489 e. The first-order valence-electron chi connectivity index (χ1n) is 10.6. The van der Waals surface area contributed by atoms with Crippen molar-refractivity contribution < 1.29 is 19.2 Å². The molecule has 3 aliphatic rings. The predicted octanol–water partition coefficient (Wildman–Crippen LogP) is 2.88. The summed E-state index contributed by atoms with van der Waals surface area (Å²) in [5, 5.41) is 11.0. The van der Waals surface area contributed by atoms with Crippen molar-refractivity contribution in [3.63, 3.8) is 0 Å². The molecule has 30 heavy (non-hydrogen) atoms. The number of amides is 1. The summed E-state index contributed by atoms with van der Waals surface area (Å²) in [4.78, 5) is 29.6. The van der Waals surface area contributed by atoms with Crippen molar-refractivity contribution in [1.29, 1.82) is 0 Å². The molecule has 164 valence electrons. The van der Waals surface area contributed by atoms with Crippen LogP contribution in [0.5, 0.6) is 5.75 Å². The molecular formula is C21H30N4O5. The topological polar surface area (TPSA) is 88.4 Å². The summed E-state index contributed by atoms with van der Waals surface area (Å²) in [6, 6.07) is 5.54. The number of likely N-dealkylation sites (tertiary alicyclic amines) is 1. The van der Waals surface area contributed by atoms with Crippen molar-refractivity contribution >= 4 is 17.5 Å². The average Bonchev–Trinajstić information content (AvgIpc) is 2.71. The molecule has 1 aromatic rings. The zero-order valence-corrected chi connectivity index (χ0v) is 17.9. The zero-order valence-electron chi connectivity index (χ0n) is 17.9. The molecule has 2 saturated heterocycles. The summed E-state index contributed by atoms with van der Waals surface area (Å²) in [7, 11) is 0. The summed E-state index contributed by atoms with van der Waals surface area (Å²) >= 11 is 0. The number of carbonyl (C=O) groups is 1. The van der Waals surface area contributed by atoms with Crippen LogP contribution >= 0.6 is 0 Å². The largest absolute Gasteiger partial charge is 0.489 e. The number of fused-ring (bicyclic) bond motifs is 3. The average molecular weight is 418 g/mol. The summed E-state index contributed by atoms with van der Waals surface area (Å²) in [5.74, 6) is 0.597. The van der Waals surface area contributed by atoms with Gasteiger partial charge in [-0.3, -0.25) is 15.0 Å². The number of piperazine rings is 1. The Hall–Kier alpha value is -2.55. The van der Waals surface area contributed by atoms with E-state index >= 15 is 0 Å². The number of nitrogens with zero attached hydrogens (tertiary/aromatic N) is 4. The van der Waals surface area contributed by atoms with E-state index < -0.39 is 10.5 Å². The second kappa shape index (κ2) is 7.94. The number of hydrogen-bond donors (Lipinski definition) is 0. The van der Waals surface area contributed by atoms with Crippen molar-refractivity contribution in [2.45, 2.75) is 51.3 Å². The van der Waals surface area contributed by atoms with Crippen LogP contribution in [-0.2, 0) is 4.74 Å². The summed E-state index contributed by atoms with van der Waals surface area (Å²) < 4.78 is 11.4. The molecule has 0 bridgehead atoms. The second-order valence-corrected chi connectivity index (χ2v) is 9.26. The van der Waals surface area contributed by atoms with Crippen LogP contribution in [0, 0.1) is 10.1 Å². The van der Waals surface area contributed by atoms with E-state index in [9.17, 15) is 14.9 Å². The van der Waals surface area contributed by atoms with Crippen molar-refractivity contribution in [1.82, 2.24) is 9.80 Å². The standard InChI is InChI=1S/C21H30N4O5/c1-21(2,3)30-20(26)22-8-6-15(7-9-22)23-10-11-24-17(13-23)14-29-19-12-16(25(27)28)4-5-18(19)24/h4-5,12,15,17H,6-11,13-14H2,1-3H3/t17-/m0/s1. The number of benzene rings is 1. The Balaban J connectivity index is 1.34. The van der Waals surface area contributed by atoms with Crippen LogP contribution < -0.4 is 9.64 Å². The quantitative estimate of drug-likeness (QED) is 0.539. The van der Waals surface area contributed by atoms with Crippen LogP contribution in [0.25, 0.3) is 0 Å². The molecular weight excluding hydrogens is 388 g/mol. The number of rotatable bonds is 2. The van der Waals surface area contributed by atoms with Gasteiger partial charge in [0.1, 0.15) is 18.0 Å². The molecule has 1 amide bonds. The first kappa shape index (κ1) is 20.7. The molecule has 0 radical (unpaired) electrons. The highest BCUT2D eigenvalue weighted by Gasteiger charge is 2.37. The van der Waals surface area contributed by atoms with Gasteiger partial charge < -0.3 is 19.3 Å². The minimum absolute atomic E-state index is 0.0579. The van der Waals surface area contributed by atoms with Gasteiger partial charge >= 0.3 is 6.09 Å². The third-order valence-electron chi connectivity index (χ3n) is 6.04. The first-order valence-corrected chi connectivity index (χ1v) is 10.6. The fourth-order valence-corrected chi connectivity index (χ4v) is 4.57. The Morgan fingerprint density at radius 1 is 1.17 bits per heavy atom. The second-order valence-electron chi connectivity index (χ2n) is 9.26. The van der Waals surface area contributed by atoms with Crippen LogP contribution in [0.3, 0.4) is 0 Å². The number of piperidine rings is 1. The lowest BCUT2D eigenvalue weighted by atomic mass is 10.00. The Kier molecular flexibility index (Phi) is 5.48. The van der Waals surface area contributed by atoms with E-state index in [0.717, 1.165) is 38.2 Å². The summed E-state index contributed by atoms with van der Waals surface area (Å²) in [6.07, 6.45) is 1.66. The molecule has 3 aliphatic heterocycles. The number of hydrogen-bond acceptors (Lipinski definition) is 7. The smallest absolute Gasteiger partial charge is 0.410 e.